The zero-order chi connectivity index (χ0) is 13.4. The molecule has 18 heavy (non-hydrogen) atoms. The van der Waals surface area contributed by atoms with E-state index in [2.05, 4.69) is 10.3 Å². The predicted molar refractivity (Wildman–Crippen MR) is 69.2 cm³/mol. The van der Waals surface area contributed by atoms with Crippen molar-refractivity contribution in [3.63, 3.8) is 0 Å². The summed E-state index contributed by atoms with van der Waals surface area (Å²) in [4.78, 5) is 14.7. The molecule has 1 heterocycles. The van der Waals surface area contributed by atoms with Gasteiger partial charge in [0.05, 0.1) is 24.8 Å². The fourth-order valence-corrected chi connectivity index (χ4v) is 2.09. The summed E-state index contributed by atoms with van der Waals surface area (Å²) < 4.78 is 10.2. The van der Waals surface area contributed by atoms with E-state index in [1.165, 1.54) is 11.3 Å². The van der Waals surface area contributed by atoms with Crippen LogP contribution >= 0.6 is 11.3 Å². The second-order valence-corrected chi connectivity index (χ2v) is 4.59. The van der Waals surface area contributed by atoms with Gasteiger partial charge in [-0.2, -0.15) is 0 Å². The van der Waals surface area contributed by atoms with Crippen LogP contribution in [0.5, 0.6) is 0 Å². The van der Waals surface area contributed by atoms with Crippen molar-refractivity contribution in [3.8, 4) is 0 Å². The number of anilines is 1. The summed E-state index contributed by atoms with van der Waals surface area (Å²) in [7, 11) is 3.25. The maximum absolute atomic E-state index is 10.4. The van der Waals surface area contributed by atoms with Crippen LogP contribution in [-0.2, 0) is 20.7 Å². The predicted octanol–water partition coefficient (Wildman–Crippen LogP) is 1.23. The Morgan fingerprint density at radius 1 is 1.61 bits per heavy atom. The molecule has 1 rings (SSSR count). The minimum absolute atomic E-state index is 0.0265. The van der Waals surface area contributed by atoms with E-state index in [1.54, 1.807) is 14.2 Å². The van der Waals surface area contributed by atoms with Gasteiger partial charge in [0.15, 0.2) is 5.13 Å². The number of carboxylic acids is 1. The Balaban J connectivity index is 2.36. The lowest BCUT2D eigenvalue weighted by Gasteiger charge is -2.14. The van der Waals surface area contributed by atoms with Gasteiger partial charge < -0.3 is 19.9 Å². The zero-order valence-corrected chi connectivity index (χ0v) is 11.3. The number of hydrogen-bond acceptors (Lipinski definition) is 6. The van der Waals surface area contributed by atoms with Crippen molar-refractivity contribution < 1.29 is 19.4 Å². The lowest BCUT2D eigenvalue weighted by Crippen LogP contribution is -2.26. The van der Waals surface area contributed by atoms with Crippen LogP contribution in [0.1, 0.15) is 12.1 Å². The van der Waals surface area contributed by atoms with Gasteiger partial charge in [-0.25, -0.2) is 4.98 Å². The highest BCUT2D eigenvalue weighted by atomic mass is 32.1. The number of carboxylic acid groups (broad SMARTS) is 1. The zero-order valence-electron chi connectivity index (χ0n) is 10.5. The highest BCUT2D eigenvalue weighted by molar-refractivity contribution is 7.13. The molecule has 0 aliphatic carbocycles. The van der Waals surface area contributed by atoms with E-state index in [4.69, 9.17) is 14.6 Å². The molecular formula is C11H18N2O4S. The van der Waals surface area contributed by atoms with Crippen LogP contribution in [0.2, 0.25) is 0 Å². The summed E-state index contributed by atoms with van der Waals surface area (Å²) in [6, 6.07) is 0. The van der Waals surface area contributed by atoms with Crippen molar-refractivity contribution in [2.75, 3.05) is 32.7 Å². The SMILES string of the molecule is COCC(CNc1nc(CCC(=O)O)cs1)OC. The van der Waals surface area contributed by atoms with Crippen LogP contribution in [0, 0.1) is 0 Å². The third-order valence-corrected chi connectivity index (χ3v) is 3.16. The standard InChI is InChI=1S/C11H18N2O4S/c1-16-6-9(17-2)5-12-11-13-8(7-18-11)3-4-10(14)15/h7,9H,3-6H2,1-2H3,(H,12,13)(H,14,15). The summed E-state index contributed by atoms with van der Waals surface area (Å²) in [5.74, 6) is -0.808. The molecule has 0 saturated heterocycles. The topological polar surface area (TPSA) is 80.7 Å². The quantitative estimate of drug-likeness (QED) is 0.705. The molecule has 0 radical (unpaired) electrons. The fourth-order valence-electron chi connectivity index (χ4n) is 1.34. The Morgan fingerprint density at radius 3 is 3.00 bits per heavy atom. The van der Waals surface area contributed by atoms with Crippen LogP contribution in [0.3, 0.4) is 0 Å². The Morgan fingerprint density at radius 2 is 2.39 bits per heavy atom. The van der Waals surface area contributed by atoms with Gasteiger partial charge in [0.25, 0.3) is 0 Å². The number of aliphatic carboxylic acids is 1. The van der Waals surface area contributed by atoms with Crippen molar-refractivity contribution in [3.05, 3.63) is 11.1 Å². The van der Waals surface area contributed by atoms with Gasteiger partial charge in [-0.3, -0.25) is 4.79 Å². The number of nitrogens with one attached hydrogen (secondary N) is 1. The number of hydrogen-bond donors (Lipinski definition) is 2. The highest BCUT2D eigenvalue weighted by Crippen LogP contribution is 2.16. The molecule has 0 saturated carbocycles. The van der Waals surface area contributed by atoms with Crippen molar-refractivity contribution in [2.45, 2.75) is 18.9 Å². The Bertz CT molecular complexity index is 370. The minimum Gasteiger partial charge on any atom is -0.481 e. The molecule has 0 amide bonds. The summed E-state index contributed by atoms with van der Waals surface area (Å²) in [6.45, 7) is 1.12. The van der Waals surface area contributed by atoms with Crippen LogP contribution in [0.25, 0.3) is 0 Å². The van der Waals surface area contributed by atoms with Crippen molar-refractivity contribution >= 4 is 22.4 Å². The van der Waals surface area contributed by atoms with E-state index in [1.807, 2.05) is 5.38 Å². The number of rotatable bonds is 9. The van der Waals surface area contributed by atoms with Gasteiger partial charge in [-0.15, -0.1) is 11.3 Å². The molecule has 7 heteroatoms. The number of carbonyl (C=O) groups is 1. The van der Waals surface area contributed by atoms with Gasteiger partial charge in [0.1, 0.15) is 0 Å². The van der Waals surface area contributed by atoms with E-state index in [-0.39, 0.29) is 12.5 Å². The molecule has 1 atom stereocenters. The molecule has 0 aliphatic heterocycles. The summed E-state index contributed by atoms with van der Waals surface area (Å²) in [5, 5.41) is 14.4. The summed E-state index contributed by atoms with van der Waals surface area (Å²) >= 11 is 1.46. The molecule has 0 fully saturated rings. The monoisotopic (exact) mass is 274 g/mol. The van der Waals surface area contributed by atoms with Crippen molar-refractivity contribution in [1.82, 2.24) is 4.98 Å². The van der Waals surface area contributed by atoms with E-state index >= 15 is 0 Å². The second kappa shape index (κ2) is 8.02. The highest BCUT2D eigenvalue weighted by Gasteiger charge is 2.08. The van der Waals surface area contributed by atoms with E-state index in [0.29, 0.717) is 19.6 Å². The van der Waals surface area contributed by atoms with Gasteiger partial charge >= 0.3 is 5.97 Å². The molecule has 0 spiro atoms. The maximum Gasteiger partial charge on any atom is 0.303 e. The van der Waals surface area contributed by atoms with E-state index in [0.717, 1.165) is 10.8 Å². The number of nitrogens with zero attached hydrogens (tertiary/aromatic N) is 1. The summed E-state index contributed by atoms with van der Waals surface area (Å²) in [6.07, 6.45) is 0.536. The largest absolute Gasteiger partial charge is 0.481 e. The Kier molecular flexibility index (Phi) is 6.63. The molecule has 1 aromatic heterocycles. The molecule has 0 bridgehead atoms. The lowest BCUT2D eigenvalue weighted by atomic mass is 10.2. The number of aryl methyl sites for hydroxylation is 1. The Labute approximate surface area is 110 Å². The molecule has 1 aromatic rings. The average molecular weight is 274 g/mol. The molecule has 1 unspecified atom stereocenters. The van der Waals surface area contributed by atoms with Gasteiger partial charge in [0, 0.05) is 32.6 Å². The van der Waals surface area contributed by atoms with Crippen LogP contribution < -0.4 is 5.32 Å². The Hall–Kier alpha value is -1.18. The van der Waals surface area contributed by atoms with E-state index < -0.39 is 5.97 Å². The molecule has 0 aliphatic rings. The first kappa shape index (κ1) is 14.9. The third kappa shape index (κ3) is 5.44. The molecule has 0 aromatic carbocycles. The number of thiazole rings is 1. The van der Waals surface area contributed by atoms with Crippen molar-refractivity contribution in [1.29, 1.82) is 0 Å². The normalized spacial score (nSPS) is 12.3. The van der Waals surface area contributed by atoms with Crippen molar-refractivity contribution in [2.24, 2.45) is 0 Å². The van der Waals surface area contributed by atoms with Gasteiger partial charge in [-0.1, -0.05) is 0 Å². The molecule has 6 nitrogen and oxygen atoms in total. The fraction of sp³-hybridized carbons (Fsp3) is 0.636. The van der Waals surface area contributed by atoms with Crippen LogP contribution in [-0.4, -0.2) is 49.5 Å². The maximum atomic E-state index is 10.4. The smallest absolute Gasteiger partial charge is 0.303 e. The number of ether oxygens (including phenoxy) is 2. The van der Waals surface area contributed by atoms with Gasteiger partial charge in [0.2, 0.25) is 0 Å². The molecule has 102 valence electrons. The average Bonchev–Trinajstić information content (AvgIpc) is 2.80. The minimum atomic E-state index is -0.808. The number of aromatic nitrogens is 1. The van der Waals surface area contributed by atoms with Crippen LogP contribution in [0.15, 0.2) is 5.38 Å². The summed E-state index contributed by atoms with van der Waals surface area (Å²) in [5.41, 5.74) is 0.797. The lowest BCUT2D eigenvalue weighted by molar-refractivity contribution is -0.136. The molecular weight excluding hydrogens is 256 g/mol. The van der Waals surface area contributed by atoms with Crippen LogP contribution in [0.4, 0.5) is 5.13 Å². The van der Waals surface area contributed by atoms with Gasteiger partial charge in [-0.05, 0) is 0 Å². The first-order valence-electron chi connectivity index (χ1n) is 5.57. The third-order valence-electron chi connectivity index (χ3n) is 2.31. The van der Waals surface area contributed by atoms with E-state index in [9.17, 15) is 4.79 Å². The first-order chi connectivity index (χ1) is 8.65. The first-order valence-corrected chi connectivity index (χ1v) is 6.45. The second-order valence-electron chi connectivity index (χ2n) is 3.73. The molecule has 2 N–H and O–H groups in total. The number of methoxy groups -OCH3 is 2.